The maximum absolute atomic E-state index is 12.5. The number of carbonyl (C=O) groups excluding carboxylic acids is 1. The fraction of sp³-hybridized carbons (Fsp3) is 0.562. The molecule has 3 N–H and O–H groups in total. The summed E-state index contributed by atoms with van der Waals surface area (Å²) in [6.07, 6.45) is 3.49. The van der Waals surface area contributed by atoms with Gasteiger partial charge >= 0.3 is 0 Å². The Balaban J connectivity index is 1.65. The van der Waals surface area contributed by atoms with Gasteiger partial charge in [-0.3, -0.25) is 4.79 Å². The van der Waals surface area contributed by atoms with Gasteiger partial charge in [-0.2, -0.15) is 0 Å². The predicted octanol–water partition coefficient (Wildman–Crippen LogP) is 2.89. The Morgan fingerprint density at radius 1 is 1.30 bits per heavy atom. The summed E-state index contributed by atoms with van der Waals surface area (Å²) in [7, 11) is 0. The van der Waals surface area contributed by atoms with E-state index >= 15 is 0 Å². The van der Waals surface area contributed by atoms with Crippen LogP contribution in [-0.2, 0) is 4.79 Å². The summed E-state index contributed by atoms with van der Waals surface area (Å²) in [5.41, 5.74) is 7.29. The van der Waals surface area contributed by atoms with E-state index in [-0.39, 0.29) is 23.9 Å². The normalized spacial score (nSPS) is 33.1. The Morgan fingerprint density at radius 3 is 2.55 bits per heavy atom. The van der Waals surface area contributed by atoms with Crippen LogP contribution in [-0.4, -0.2) is 11.9 Å². The molecule has 2 bridgehead atoms. The van der Waals surface area contributed by atoms with Crippen molar-refractivity contribution in [2.24, 2.45) is 23.5 Å². The van der Waals surface area contributed by atoms with Crippen LogP contribution in [0.1, 0.15) is 37.8 Å². The van der Waals surface area contributed by atoms with Gasteiger partial charge in [0.25, 0.3) is 0 Å². The van der Waals surface area contributed by atoms with E-state index in [1.54, 1.807) is 0 Å². The van der Waals surface area contributed by atoms with Crippen LogP contribution in [0.4, 0.5) is 0 Å². The van der Waals surface area contributed by atoms with Crippen LogP contribution in [0.15, 0.2) is 24.3 Å². The van der Waals surface area contributed by atoms with Crippen LogP contribution in [0.2, 0.25) is 5.02 Å². The molecule has 2 aliphatic carbocycles. The van der Waals surface area contributed by atoms with Crippen LogP contribution in [0.25, 0.3) is 0 Å². The molecule has 0 heterocycles. The first-order valence-electron chi connectivity index (χ1n) is 7.37. The SMILES string of the molecule is CC(NC(=O)C1C2CCC(C2)C1N)c1ccc(Cl)cc1. The highest BCUT2D eigenvalue weighted by Crippen LogP contribution is 2.47. The van der Waals surface area contributed by atoms with Gasteiger partial charge in [-0.25, -0.2) is 0 Å². The number of hydrogen-bond acceptors (Lipinski definition) is 2. The zero-order chi connectivity index (χ0) is 14.3. The van der Waals surface area contributed by atoms with Crippen LogP contribution >= 0.6 is 11.6 Å². The number of benzene rings is 1. The zero-order valence-electron chi connectivity index (χ0n) is 11.7. The van der Waals surface area contributed by atoms with Crippen molar-refractivity contribution in [3.63, 3.8) is 0 Å². The monoisotopic (exact) mass is 292 g/mol. The molecule has 0 aromatic heterocycles. The quantitative estimate of drug-likeness (QED) is 0.900. The third-order valence-corrected chi connectivity index (χ3v) is 5.26. The van der Waals surface area contributed by atoms with Gasteiger partial charge in [-0.15, -0.1) is 0 Å². The molecular weight excluding hydrogens is 272 g/mol. The van der Waals surface area contributed by atoms with Crippen molar-refractivity contribution in [2.75, 3.05) is 0 Å². The number of amides is 1. The van der Waals surface area contributed by atoms with E-state index in [0.717, 1.165) is 18.4 Å². The van der Waals surface area contributed by atoms with Gasteiger partial charge in [0, 0.05) is 11.1 Å². The third kappa shape index (κ3) is 2.45. The Labute approximate surface area is 124 Å². The molecule has 4 heteroatoms. The summed E-state index contributed by atoms with van der Waals surface area (Å²) in [5.74, 6) is 1.17. The molecule has 2 fully saturated rings. The lowest BCUT2D eigenvalue weighted by molar-refractivity contribution is -0.127. The topological polar surface area (TPSA) is 55.1 Å². The Kier molecular flexibility index (Phi) is 3.74. The van der Waals surface area contributed by atoms with Gasteiger partial charge in [-0.05, 0) is 55.7 Å². The fourth-order valence-electron chi connectivity index (χ4n) is 3.87. The molecule has 2 saturated carbocycles. The molecule has 20 heavy (non-hydrogen) atoms. The van der Waals surface area contributed by atoms with E-state index in [0.29, 0.717) is 16.9 Å². The minimum Gasteiger partial charge on any atom is -0.349 e. The van der Waals surface area contributed by atoms with Crippen molar-refractivity contribution in [2.45, 2.75) is 38.3 Å². The number of halogens is 1. The van der Waals surface area contributed by atoms with E-state index in [1.807, 2.05) is 31.2 Å². The summed E-state index contributed by atoms with van der Waals surface area (Å²) in [6, 6.07) is 7.64. The van der Waals surface area contributed by atoms with Gasteiger partial charge in [0.2, 0.25) is 5.91 Å². The first kappa shape index (κ1) is 13.9. The molecule has 108 valence electrons. The maximum atomic E-state index is 12.5. The van der Waals surface area contributed by atoms with Crippen molar-refractivity contribution in [1.82, 2.24) is 5.32 Å². The highest BCUT2D eigenvalue weighted by Gasteiger charge is 2.49. The van der Waals surface area contributed by atoms with E-state index in [2.05, 4.69) is 5.32 Å². The van der Waals surface area contributed by atoms with Crippen molar-refractivity contribution >= 4 is 17.5 Å². The second-order valence-corrected chi connectivity index (χ2v) is 6.65. The Bertz CT molecular complexity index is 500. The summed E-state index contributed by atoms with van der Waals surface area (Å²) in [6.45, 7) is 2.00. The molecule has 1 aromatic carbocycles. The van der Waals surface area contributed by atoms with Gasteiger partial charge in [0.05, 0.1) is 12.0 Å². The first-order chi connectivity index (χ1) is 9.56. The van der Waals surface area contributed by atoms with Gasteiger partial charge < -0.3 is 11.1 Å². The smallest absolute Gasteiger partial charge is 0.225 e. The van der Waals surface area contributed by atoms with Crippen molar-refractivity contribution in [3.8, 4) is 0 Å². The van der Waals surface area contributed by atoms with Crippen LogP contribution in [0.3, 0.4) is 0 Å². The highest BCUT2D eigenvalue weighted by molar-refractivity contribution is 6.30. The minimum atomic E-state index is -0.00825. The molecule has 3 nitrogen and oxygen atoms in total. The summed E-state index contributed by atoms with van der Waals surface area (Å²) < 4.78 is 0. The lowest BCUT2D eigenvalue weighted by Gasteiger charge is -2.28. The van der Waals surface area contributed by atoms with Crippen LogP contribution in [0, 0.1) is 17.8 Å². The predicted molar refractivity (Wildman–Crippen MR) is 80.3 cm³/mol. The number of nitrogens with one attached hydrogen (secondary N) is 1. The summed E-state index contributed by atoms with van der Waals surface area (Å²) >= 11 is 5.88. The molecule has 5 unspecified atom stereocenters. The number of hydrogen-bond donors (Lipinski definition) is 2. The number of fused-ring (bicyclic) bond motifs is 2. The second-order valence-electron chi connectivity index (χ2n) is 6.22. The lowest BCUT2D eigenvalue weighted by atomic mass is 9.84. The Hall–Kier alpha value is -1.06. The minimum absolute atomic E-state index is 0.00324. The number of rotatable bonds is 3. The third-order valence-electron chi connectivity index (χ3n) is 5.01. The molecule has 0 radical (unpaired) electrons. The fourth-order valence-corrected chi connectivity index (χ4v) is 4.00. The molecule has 0 aliphatic heterocycles. The van der Waals surface area contributed by atoms with Gasteiger partial charge in [0.15, 0.2) is 0 Å². The van der Waals surface area contributed by atoms with E-state index in [9.17, 15) is 4.79 Å². The first-order valence-corrected chi connectivity index (χ1v) is 7.75. The molecule has 5 atom stereocenters. The summed E-state index contributed by atoms with van der Waals surface area (Å²) in [4.78, 5) is 12.5. The van der Waals surface area contributed by atoms with Crippen molar-refractivity contribution < 1.29 is 4.79 Å². The van der Waals surface area contributed by atoms with Crippen molar-refractivity contribution in [1.29, 1.82) is 0 Å². The van der Waals surface area contributed by atoms with E-state index in [1.165, 1.54) is 6.42 Å². The van der Waals surface area contributed by atoms with Gasteiger partial charge in [-0.1, -0.05) is 23.7 Å². The van der Waals surface area contributed by atoms with E-state index in [4.69, 9.17) is 17.3 Å². The molecular formula is C16H21ClN2O. The molecule has 1 amide bonds. The standard InChI is InChI=1S/C16H21ClN2O/c1-9(10-4-6-13(17)7-5-10)19-16(20)14-11-2-3-12(8-11)15(14)18/h4-7,9,11-12,14-15H,2-3,8,18H2,1H3,(H,19,20). The van der Waals surface area contributed by atoms with Crippen LogP contribution < -0.4 is 11.1 Å². The number of nitrogens with two attached hydrogens (primary N) is 1. The number of carbonyl (C=O) groups is 1. The second kappa shape index (κ2) is 5.38. The molecule has 0 spiro atoms. The largest absolute Gasteiger partial charge is 0.349 e. The zero-order valence-corrected chi connectivity index (χ0v) is 12.4. The van der Waals surface area contributed by atoms with Gasteiger partial charge in [0.1, 0.15) is 0 Å². The van der Waals surface area contributed by atoms with E-state index < -0.39 is 0 Å². The summed E-state index contributed by atoms with van der Waals surface area (Å²) in [5, 5.41) is 3.82. The van der Waals surface area contributed by atoms with Crippen LogP contribution in [0.5, 0.6) is 0 Å². The highest BCUT2D eigenvalue weighted by atomic mass is 35.5. The molecule has 3 rings (SSSR count). The molecule has 2 aliphatic rings. The van der Waals surface area contributed by atoms with Crippen molar-refractivity contribution in [3.05, 3.63) is 34.9 Å². The Morgan fingerprint density at radius 2 is 1.95 bits per heavy atom. The lowest BCUT2D eigenvalue weighted by Crippen LogP contribution is -2.45. The average molecular weight is 293 g/mol. The molecule has 0 saturated heterocycles. The average Bonchev–Trinajstić information content (AvgIpc) is 2.99. The molecule has 1 aromatic rings. The maximum Gasteiger partial charge on any atom is 0.225 e.